The maximum absolute atomic E-state index is 5.94. The fraction of sp³-hybridized carbons (Fsp3) is 0.333. The van der Waals surface area contributed by atoms with E-state index >= 15 is 0 Å². The number of benzene rings is 1. The van der Waals surface area contributed by atoms with Gasteiger partial charge in [-0.25, -0.2) is 4.98 Å². The van der Waals surface area contributed by atoms with E-state index in [1.165, 1.54) is 0 Å². The summed E-state index contributed by atoms with van der Waals surface area (Å²) in [5, 5.41) is 3.93. The normalized spacial score (nSPS) is 10.3. The monoisotopic (exact) mass is 291 g/mol. The first kappa shape index (κ1) is 14.6. The van der Waals surface area contributed by atoms with E-state index in [9.17, 15) is 0 Å². The fourth-order valence-electron chi connectivity index (χ4n) is 1.74. The van der Waals surface area contributed by atoms with E-state index in [0.717, 1.165) is 24.3 Å². The quantitative estimate of drug-likeness (QED) is 0.878. The van der Waals surface area contributed by atoms with Crippen LogP contribution in [0, 0.1) is 6.92 Å². The summed E-state index contributed by atoms with van der Waals surface area (Å²) < 4.78 is 5.70. The van der Waals surface area contributed by atoms with Crippen molar-refractivity contribution in [3.05, 3.63) is 46.7 Å². The molecule has 0 amide bonds. The van der Waals surface area contributed by atoms with Crippen molar-refractivity contribution in [1.82, 2.24) is 9.97 Å². The predicted molar refractivity (Wildman–Crippen MR) is 81.3 cm³/mol. The van der Waals surface area contributed by atoms with Crippen LogP contribution in [0.25, 0.3) is 0 Å². The van der Waals surface area contributed by atoms with E-state index in [0.29, 0.717) is 23.3 Å². The average molecular weight is 292 g/mol. The zero-order valence-corrected chi connectivity index (χ0v) is 12.4. The van der Waals surface area contributed by atoms with Crippen molar-refractivity contribution in [2.45, 2.75) is 26.9 Å². The van der Waals surface area contributed by atoms with Crippen LogP contribution in [0.1, 0.15) is 24.7 Å². The summed E-state index contributed by atoms with van der Waals surface area (Å²) in [4.78, 5) is 8.59. The average Bonchev–Trinajstić information content (AvgIpc) is 2.42. The molecule has 1 N–H and O–H groups in total. The van der Waals surface area contributed by atoms with E-state index in [4.69, 9.17) is 16.3 Å². The Labute approximate surface area is 124 Å². The number of halogens is 1. The lowest BCUT2D eigenvalue weighted by atomic mass is 10.2. The first-order chi connectivity index (χ1) is 9.67. The van der Waals surface area contributed by atoms with Gasteiger partial charge in [-0.15, -0.1) is 0 Å². The number of aromatic nitrogens is 2. The lowest BCUT2D eigenvalue weighted by molar-refractivity contribution is 0.293. The highest BCUT2D eigenvalue weighted by Crippen LogP contribution is 2.16. The second-order valence-electron chi connectivity index (χ2n) is 4.48. The van der Waals surface area contributed by atoms with Crippen LogP contribution in [-0.2, 0) is 6.61 Å². The Morgan fingerprint density at radius 2 is 2.10 bits per heavy atom. The smallest absolute Gasteiger partial charge is 0.219 e. The minimum Gasteiger partial charge on any atom is -0.473 e. The Hall–Kier alpha value is -1.81. The van der Waals surface area contributed by atoms with Crippen LogP contribution in [0.3, 0.4) is 0 Å². The van der Waals surface area contributed by atoms with Gasteiger partial charge < -0.3 is 10.1 Å². The number of nitrogens with zero attached hydrogens (tertiary/aromatic N) is 2. The van der Waals surface area contributed by atoms with Gasteiger partial charge in [0.05, 0.1) is 0 Å². The molecular weight excluding hydrogens is 274 g/mol. The third-order valence-electron chi connectivity index (χ3n) is 2.65. The van der Waals surface area contributed by atoms with E-state index in [-0.39, 0.29) is 0 Å². The van der Waals surface area contributed by atoms with Gasteiger partial charge in [-0.1, -0.05) is 30.7 Å². The SMILES string of the molecule is CCCNc1cc(OCc2cccc(Cl)c2)nc(C)n1. The van der Waals surface area contributed by atoms with Gasteiger partial charge in [-0.3, -0.25) is 0 Å². The molecule has 5 heteroatoms. The number of nitrogens with one attached hydrogen (secondary N) is 1. The zero-order chi connectivity index (χ0) is 14.4. The van der Waals surface area contributed by atoms with Gasteiger partial charge in [-0.2, -0.15) is 4.98 Å². The van der Waals surface area contributed by atoms with E-state index < -0.39 is 0 Å². The molecule has 1 aromatic carbocycles. The van der Waals surface area contributed by atoms with Crippen molar-refractivity contribution in [2.24, 2.45) is 0 Å². The maximum Gasteiger partial charge on any atom is 0.219 e. The van der Waals surface area contributed by atoms with Gasteiger partial charge >= 0.3 is 0 Å². The van der Waals surface area contributed by atoms with Crippen LogP contribution in [0.5, 0.6) is 5.88 Å². The third-order valence-corrected chi connectivity index (χ3v) is 2.88. The predicted octanol–water partition coefficient (Wildman–Crippen LogP) is 3.84. The number of aryl methyl sites for hydroxylation is 1. The molecule has 0 radical (unpaired) electrons. The van der Waals surface area contributed by atoms with Crippen LogP contribution in [-0.4, -0.2) is 16.5 Å². The molecule has 0 unspecified atom stereocenters. The minimum atomic E-state index is 0.435. The number of hydrogen-bond acceptors (Lipinski definition) is 4. The summed E-state index contributed by atoms with van der Waals surface area (Å²) in [5.74, 6) is 2.05. The summed E-state index contributed by atoms with van der Waals surface area (Å²) in [6, 6.07) is 9.41. The molecule has 106 valence electrons. The molecule has 0 saturated carbocycles. The molecule has 0 aliphatic rings. The van der Waals surface area contributed by atoms with Gasteiger partial charge in [0.25, 0.3) is 0 Å². The molecular formula is C15H18ClN3O. The van der Waals surface area contributed by atoms with Gasteiger partial charge in [-0.05, 0) is 31.0 Å². The summed E-state index contributed by atoms with van der Waals surface area (Å²) in [6.07, 6.45) is 1.04. The first-order valence-corrected chi connectivity index (χ1v) is 7.02. The van der Waals surface area contributed by atoms with Gasteiger partial charge in [0.2, 0.25) is 5.88 Å². The lowest BCUT2D eigenvalue weighted by Crippen LogP contribution is -2.05. The second kappa shape index (κ2) is 7.10. The largest absolute Gasteiger partial charge is 0.473 e. The summed E-state index contributed by atoms with van der Waals surface area (Å²) >= 11 is 5.94. The van der Waals surface area contributed by atoms with Crippen molar-refractivity contribution in [3.63, 3.8) is 0 Å². The first-order valence-electron chi connectivity index (χ1n) is 6.64. The Bertz CT molecular complexity index is 575. The van der Waals surface area contributed by atoms with Crippen LogP contribution in [0.15, 0.2) is 30.3 Å². The van der Waals surface area contributed by atoms with Crippen molar-refractivity contribution < 1.29 is 4.74 Å². The zero-order valence-electron chi connectivity index (χ0n) is 11.7. The fourth-order valence-corrected chi connectivity index (χ4v) is 1.95. The van der Waals surface area contributed by atoms with Crippen molar-refractivity contribution in [2.75, 3.05) is 11.9 Å². The topological polar surface area (TPSA) is 47.0 Å². The summed E-state index contributed by atoms with van der Waals surface area (Å²) in [5.41, 5.74) is 1.01. The Morgan fingerprint density at radius 3 is 2.85 bits per heavy atom. The molecule has 0 bridgehead atoms. The lowest BCUT2D eigenvalue weighted by Gasteiger charge is -2.09. The second-order valence-corrected chi connectivity index (χ2v) is 4.92. The molecule has 0 fully saturated rings. The van der Waals surface area contributed by atoms with Crippen LogP contribution < -0.4 is 10.1 Å². The molecule has 2 aromatic rings. The molecule has 1 aromatic heterocycles. The molecule has 0 aliphatic carbocycles. The van der Waals surface area contributed by atoms with Crippen molar-refractivity contribution in [3.8, 4) is 5.88 Å². The number of rotatable bonds is 6. The maximum atomic E-state index is 5.94. The number of anilines is 1. The molecule has 0 spiro atoms. The van der Waals surface area contributed by atoms with E-state index in [2.05, 4.69) is 22.2 Å². The molecule has 0 atom stereocenters. The molecule has 20 heavy (non-hydrogen) atoms. The molecule has 2 rings (SSSR count). The van der Waals surface area contributed by atoms with Crippen LogP contribution in [0.4, 0.5) is 5.82 Å². The Kier molecular flexibility index (Phi) is 5.18. The molecule has 1 heterocycles. The highest BCUT2D eigenvalue weighted by atomic mass is 35.5. The highest BCUT2D eigenvalue weighted by Gasteiger charge is 2.03. The van der Waals surface area contributed by atoms with Crippen LogP contribution in [0.2, 0.25) is 5.02 Å². The van der Waals surface area contributed by atoms with Gasteiger partial charge in [0, 0.05) is 17.6 Å². The molecule has 4 nitrogen and oxygen atoms in total. The Balaban J connectivity index is 2.03. The van der Waals surface area contributed by atoms with Crippen molar-refractivity contribution in [1.29, 1.82) is 0 Å². The standard InChI is InChI=1S/C15H18ClN3O/c1-3-7-17-14-9-15(19-11(2)18-14)20-10-12-5-4-6-13(16)8-12/h4-6,8-9H,3,7,10H2,1-2H3,(H,17,18,19). The van der Waals surface area contributed by atoms with Crippen LogP contribution >= 0.6 is 11.6 Å². The summed E-state index contributed by atoms with van der Waals surface area (Å²) in [6.45, 7) is 5.27. The van der Waals surface area contributed by atoms with Gasteiger partial charge in [0.1, 0.15) is 18.2 Å². The Morgan fingerprint density at radius 1 is 1.25 bits per heavy atom. The third kappa shape index (κ3) is 4.38. The number of ether oxygens (including phenoxy) is 1. The summed E-state index contributed by atoms with van der Waals surface area (Å²) in [7, 11) is 0. The van der Waals surface area contributed by atoms with Gasteiger partial charge in [0.15, 0.2) is 0 Å². The molecule has 0 saturated heterocycles. The van der Waals surface area contributed by atoms with E-state index in [1.807, 2.05) is 37.3 Å². The van der Waals surface area contributed by atoms with E-state index in [1.54, 1.807) is 0 Å². The number of hydrogen-bond donors (Lipinski definition) is 1. The minimum absolute atomic E-state index is 0.435. The molecule has 0 aliphatic heterocycles. The highest BCUT2D eigenvalue weighted by molar-refractivity contribution is 6.30. The van der Waals surface area contributed by atoms with Crippen molar-refractivity contribution >= 4 is 17.4 Å².